The fourth-order valence-electron chi connectivity index (χ4n) is 2.27. The summed E-state index contributed by atoms with van der Waals surface area (Å²) in [6.07, 6.45) is 3.02. The summed E-state index contributed by atoms with van der Waals surface area (Å²) in [7, 11) is 0. The number of carbonyl (C=O) groups is 1. The van der Waals surface area contributed by atoms with Crippen molar-refractivity contribution in [3.63, 3.8) is 0 Å². The molecular formula is C10H19N3O. The molecule has 2 saturated heterocycles. The van der Waals surface area contributed by atoms with Crippen LogP contribution in [0.2, 0.25) is 0 Å². The molecule has 80 valence electrons. The van der Waals surface area contributed by atoms with Crippen molar-refractivity contribution in [2.24, 2.45) is 0 Å². The van der Waals surface area contributed by atoms with Crippen LogP contribution >= 0.6 is 0 Å². The number of piperidine rings is 1. The number of nitrogens with zero attached hydrogens (tertiary/aromatic N) is 1. The van der Waals surface area contributed by atoms with E-state index in [1.54, 1.807) is 0 Å². The van der Waals surface area contributed by atoms with Gasteiger partial charge in [0.25, 0.3) is 0 Å². The number of carbonyl (C=O) groups excluding carboxylic acids is 1. The second kappa shape index (κ2) is 4.75. The molecule has 4 heteroatoms. The van der Waals surface area contributed by atoms with E-state index in [4.69, 9.17) is 0 Å². The van der Waals surface area contributed by atoms with E-state index in [0.29, 0.717) is 18.4 Å². The van der Waals surface area contributed by atoms with Crippen molar-refractivity contribution < 1.29 is 4.79 Å². The summed E-state index contributed by atoms with van der Waals surface area (Å²) in [5, 5.41) is 6.62. The Labute approximate surface area is 85.0 Å². The summed E-state index contributed by atoms with van der Waals surface area (Å²) in [4.78, 5) is 13.8. The first-order chi connectivity index (χ1) is 6.88. The molecule has 2 heterocycles. The lowest BCUT2D eigenvalue weighted by Gasteiger charge is -2.33. The molecule has 1 atom stereocenters. The molecule has 0 aromatic heterocycles. The van der Waals surface area contributed by atoms with Crippen LogP contribution in [0.5, 0.6) is 0 Å². The topological polar surface area (TPSA) is 44.4 Å². The maximum absolute atomic E-state index is 11.8. The average molecular weight is 197 g/mol. The molecule has 0 aromatic rings. The number of hydrogen-bond acceptors (Lipinski definition) is 3. The standard InChI is InChI=1S/C10H19N3O/c14-10-3-5-11-6-7-13(10)9-2-1-4-12-8-9/h9,11-12H,1-8H2. The predicted octanol–water partition coefficient (Wildman–Crippen LogP) is -0.440. The number of rotatable bonds is 1. The molecule has 0 bridgehead atoms. The van der Waals surface area contributed by atoms with E-state index in [2.05, 4.69) is 15.5 Å². The van der Waals surface area contributed by atoms with Gasteiger partial charge in [0.2, 0.25) is 5.91 Å². The van der Waals surface area contributed by atoms with Crippen molar-refractivity contribution in [3.8, 4) is 0 Å². The van der Waals surface area contributed by atoms with Gasteiger partial charge in [-0.25, -0.2) is 0 Å². The molecule has 0 aromatic carbocycles. The largest absolute Gasteiger partial charge is 0.337 e. The molecule has 0 aliphatic carbocycles. The molecular weight excluding hydrogens is 178 g/mol. The lowest BCUT2D eigenvalue weighted by Crippen LogP contribution is -2.49. The number of amides is 1. The van der Waals surface area contributed by atoms with Crippen LogP contribution in [0, 0.1) is 0 Å². The van der Waals surface area contributed by atoms with Crippen LogP contribution in [0.1, 0.15) is 19.3 Å². The number of hydrogen-bond donors (Lipinski definition) is 2. The van der Waals surface area contributed by atoms with Gasteiger partial charge >= 0.3 is 0 Å². The average Bonchev–Trinajstić information content (AvgIpc) is 2.44. The van der Waals surface area contributed by atoms with Gasteiger partial charge in [-0.1, -0.05) is 0 Å². The van der Waals surface area contributed by atoms with Crippen LogP contribution in [0.3, 0.4) is 0 Å². The molecule has 2 aliphatic rings. The van der Waals surface area contributed by atoms with Crippen LogP contribution in [0.15, 0.2) is 0 Å². The third-order valence-electron chi connectivity index (χ3n) is 3.08. The Morgan fingerprint density at radius 1 is 1.21 bits per heavy atom. The summed E-state index contributed by atoms with van der Waals surface area (Å²) >= 11 is 0. The van der Waals surface area contributed by atoms with Crippen molar-refractivity contribution in [2.75, 3.05) is 32.7 Å². The Morgan fingerprint density at radius 2 is 2.14 bits per heavy atom. The molecule has 2 N–H and O–H groups in total. The van der Waals surface area contributed by atoms with Gasteiger partial charge in [0.05, 0.1) is 0 Å². The van der Waals surface area contributed by atoms with Crippen molar-refractivity contribution in [3.05, 3.63) is 0 Å². The molecule has 0 saturated carbocycles. The van der Waals surface area contributed by atoms with Gasteiger partial charge in [-0.2, -0.15) is 0 Å². The maximum atomic E-state index is 11.8. The van der Waals surface area contributed by atoms with E-state index in [9.17, 15) is 4.79 Å². The van der Waals surface area contributed by atoms with E-state index in [1.807, 2.05) is 0 Å². The van der Waals surface area contributed by atoms with Gasteiger partial charge < -0.3 is 15.5 Å². The predicted molar refractivity (Wildman–Crippen MR) is 55.1 cm³/mol. The van der Waals surface area contributed by atoms with Crippen molar-refractivity contribution >= 4 is 5.91 Å². The van der Waals surface area contributed by atoms with Crippen LogP contribution in [-0.2, 0) is 4.79 Å². The quantitative estimate of drug-likeness (QED) is 0.599. The van der Waals surface area contributed by atoms with Gasteiger partial charge in [0, 0.05) is 38.6 Å². The zero-order valence-corrected chi connectivity index (χ0v) is 8.59. The Hall–Kier alpha value is -0.610. The zero-order valence-electron chi connectivity index (χ0n) is 8.59. The Bertz CT molecular complexity index is 202. The fraction of sp³-hybridized carbons (Fsp3) is 0.900. The molecule has 14 heavy (non-hydrogen) atoms. The Balaban J connectivity index is 1.95. The minimum absolute atomic E-state index is 0.323. The minimum Gasteiger partial charge on any atom is -0.337 e. The highest BCUT2D eigenvalue weighted by Crippen LogP contribution is 2.12. The van der Waals surface area contributed by atoms with Crippen LogP contribution < -0.4 is 10.6 Å². The summed E-state index contributed by atoms with van der Waals surface area (Å²) < 4.78 is 0. The van der Waals surface area contributed by atoms with Crippen LogP contribution in [0.25, 0.3) is 0 Å². The monoisotopic (exact) mass is 197 g/mol. The first kappa shape index (κ1) is 9.93. The molecule has 2 rings (SSSR count). The summed E-state index contributed by atoms with van der Waals surface area (Å²) in [6.45, 7) is 4.76. The SMILES string of the molecule is O=C1CCNCCN1C1CCCNC1. The Kier molecular flexibility index (Phi) is 3.37. The molecule has 0 radical (unpaired) electrons. The summed E-state index contributed by atoms with van der Waals surface area (Å²) in [5.74, 6) is 0.323. The molecule has 4 nitrogen and oxygen atoms in total. The molecule has 1 amide bonds. The smallest absolute Gasteiger partial charge is 0.224 e. The lowest BCUT2D eigenvalue weighted by atomic mass is 10.1. The first-order valence-electron chi connectivity index (χ1n) is 5.59. The van der Waals surface area contributed by atoms with Gasteiger partial charge in [-0.05, 0) is 19.4 Å². The molecule has 1 unspecified atom stereocenters. The molecule has 2 fully saturated rings. The van der Waals surface area contributed by atoms with Gasteiger partial charge in [-0.3, -0.25) is 4.79 Å². The third kappa shape index (κ3) is 2.25. The fourth-order valence-corrected chi connectivity index (χ4v) is 2.27. The van der Waals surface area contributed by atoms with Crippen molar-refractivity contribution in [1.29, 1.82) is 0 Å². The normalized spacial score (nSPS) is 30.1. The maximum Gasteiger partial charge on any atom is 0.224 e. The van der Waals surface area contributed by atoms with Gasteiger partial charge in [0.15, 0.2) is 0 Å². The van der Waals surface area contributed by atoms with Crippen molar-refractivity contribution in [1.82, 2.24) is 15.5 Å². The highest BCUT2D eigenvalue weighted by molar-refractivity contribution is 5.77. The van der Waals surface area contributed by atoms with Crippen molar-refractivity contribution in [2.45, 2.75) is 25.3 Å². The third-order valence-corrected chi connectivity index (χ3v) is 3.08. The Morgan fingerprint density at radius 3 is 2.93 bits per heavy atom. The van der Waals surface area contributed by atoms with E-state index in [0.717, 1.165) is 32.7 Å². The molecule has 2 aliphatic heterocycles. The first-order valence-corrected chi connectivity index (χ1v) is 5.59. The number of nitrogens with one attached hydrogen (secondary N) is 2. The second-order valence-corrected chi connectivity index (χ2v) is 4.09. The van der Waals surface area contributed by atoms with E-state index in [-0.39, 0.29) is 0 Å². The van der Waals surface area contributed by atoms with E-state index < -0.39 is 0 Å². The lowest BCUT2D eigenvalue weighted by molar-refractivity contribution is -0.132. The van der Waals surface area contributed by atoms with E-state index in [1.165, 1.54) is 12.8 Å². The van der Waals surface area contributed by atoms with Crippen LogP contribution in [0.4, 0.5) is 0 Å². The highest BCUT2D eigenvalue weighted by atomic mass is 16.2. The molecule has 0 spiro atoms. The zero-order chi connectivity index (χ0) is 9.80. The highest BCUT2D eigenvalue weighted by Gasteiger charge is 2.25. The van der Waals surface area contributed by atoms with Gasteiger partial charge in [0.1, 0.15) is 0 Å². The van der Waals surface area contributed by atoms with Gasteiger partial charge in [-0.15, -0.1) is 0 Å². The van der Waals surface area contributed by atoms with E-state index >= 15 is 0 Å². The summed E-state index contributed by atoms with van der Waals surface area (Å²) in [6, 6.07) is 0.441. The van der Waals surface area contributed by atoms with Crippen LogP contribution in [-0.4, -0.2) is 49.6 Å². The summed E-state index contributed by atoms with van der Waals surface area (Å²) in [5.41, 5.74) is 0. The minimum atomic E-state index is 0.323. The second-order valence-electron chi connectivity index (χ2n) is 4.09.